The Morgan fingerprint density at radius 2 is 2.05 bits per heavy atom. The Morgan fingerprint density at radius 3 is 2.62 bits per heavy atom. The highest BCUT2D eigenvalue weighted by molar-refractivity contribution is 6.01. The molecule has 114 valence electrons. The highest BCUT2D eigenvalue weighted by Crippen LogP contribution is 2.22. The summed E-state index contributed by atoms with van der Waals surface area (Å²) in [6, 6.07) is 2.80. The molecule has 0 spiro atoms. The number of likely N-dealkylation sites (N-methyl/N-ethyl adjacent to an activating group) is 2. The number of nitrogens with one attached hydrogen (secondary N) is 1. The number of hydrogen-bond donors (Lipinski definition) is 1. The van der Waals surface area contributed by atoms with Gasteiger partial charge in [0.1, 0.15) is 6.54 Å². The topological polar surface area (TPSA) is 52.7 Å². The first-order valence-electron chi connectivity index (χ1n) is 6.68. The molecule has 0 radical (unpaired) electrons. The average Bonchev–Trinajstić information content (AvgIpc) is 2.68. The molecule has 1 unspecified atom stereocenters. The van der Waals surface area contributed by atoms with E-state index in [0.29, 0.717) is 6.54 Å². The van der Waals surface area contributed by atoms with Gasteiger partial charge in [-0.25, -0.2) is 13.6 Å². The van der Waals surface area contributed by atoms with Crippen LogP contribution in [0.4, 0.5) is 13.6 Å². The van der Waals surface area contributed by atoms with Crippen LogP contribution in [0.3, 0.4) is 0 Å². The Balaban J connectivity index is 2.26. The summed E-state index contributed by atoms with van der Waals surface area (Å²) in [7, 11) is 1.52. The van der Waals surface area contributed by atoms with Gasteiger partial charge in [-0.1, -0.05) is 19.1 Å². The van der Waals surface area contributed by atoms with Crippen LogP contribution in [-0.2, 0) is 4.79 Å². The molecule has 0 saturated carbocycles. The Bertz CT molecular complexity index is 565. The van der Waals surface area contributed by atoms with Crippen molar-refractivity contribution in [2.45, 2.75) is 13.0 Å². The van der Waals surface area contributed by atoms with E-state index in [9.17, 15) is 18.4 Å². The SMILES string of the molecule is CCNC(CN1C(=O)CN(C)C1=O)c1cccc(F)c1F. The van der Waals surface area contributed by atoms with Crippen LogP contribution in [0.5, 0.6) is 0 Å². The number of nitrogens with zero attached hydrogens (tertiary/aromatic N) is 2. The van der Waals surface area contributed by atoms with Gasteiger partial charge in [0.15, 0.2) is 11.6 Å². The number of rotatable bonds is 5. The summed E-state index contributed by atoms with van der Waals surface area (Å²) in [6.45, 7) is 2.27. The maximum atomic E-state index is 13.9. The van der Waals surface area contributed by atoms with Crippen molar-refractivity contribution in [3.63, 3.8) is 0 Å². The highest BCUT2D eigenvalue weighted by Gasteiger charge is 2.35. The quantitative estimate of drug-likeness (QED) is 0.838. The maximum Gasteiger partial charge on any atom is 0.327 e. The van der Waals surface area contributed by atoms with E-state index in [0.717, 1.165) is 11.0 Å². The van der Waals surface area contributed by atoms with E-state index in [4.69, 9.17) is 0 Å². The molecule has 1 aliphatic rings. The Kier molecular flexibility index (Phi) is 4.52. The third kappa shape index (κ3) is 3.02. The fourth-order valence-corrected chi connectivity index (χ4v) is 2.34. The van der Waals surface area contributed by atoms with Gasteiger partial charge >= 0.3 is 6.03 Å². The number of imide groups is 1. The fourth-order valence-electron chi connectivity index (χ4n) is 2.34. The molecule has 3 amide bonds. The smallest absolute Gasteiger partial charge is 0.318 e. The van der Waals surface area contributed by atoms with Crippen molar-refractivity contribution < 1.29 is 18.4 Å². The van der Waals surface area contributed by atoms with Crippen LogP contribution in [0, 0.1) is 11.6 Å². The van der Waals surface area contributed by atoms with Crippen LogP contribution < -0.4 is 5.32 Å². The predicted octanol–water partition coefficient (Wildman–Crippen LogP) is 1.51. The molecule has 1 aromatic carbocycles. The van der Waals surface area contributed by atoms with E-state index in [1.165, 1.54) is 24.1 Å². The number of hydrogen-bond acceptors (Lipinski definition) is 3. The van der Waals surface area contributed by atoms with E-state index in [1.54, 1.807) is 0 Å². The Morgan fingerprint density at radius 1 is 1.33 bits per heavy atom. The van der Waals surface area contributed by atoms with Gasteiger partial charge in [0.2, 0.25) is 5.91 Å². The summed E-state index contributed by atoms with van der Waals surface area (Å²) in [4.78, 5) is 26.0. The number of carbonyl (C=O) groups is 2. The summed E-state index contributed by atoms with van der Waals surface area (Å²) in [5, 5.41) is 2.98. The van der Waals surface area contributed by atoms with Gasteiger partial charge < -0.3 is 10.2 Å². The summed E-state index contributed by atoms with van der Waals surface area (Å²) in [6.07, 6.45) is 0. The van der Waals surface area contributed by atoms with Crippen molar-refractivity contribution >= 4 is 11.9 Å². The second-order valence-electron chi connectivity index (χ2n) is 4.90. The van der Waals surface area contributed by atoms with Crippen molar-refractivity contribution in [3.8, 4) is 0 Å². The largest absolute Gasteiger partial charge is 0.327 e. The van der Waals surface area contributed by atoms with Crippen LogP contribution in [0.1, 0.15) is 18.5 Å². The fraction of sp³-hybridized carbons (Fsp3) is 0.429. The van der Waals surface area contributed by atoms with Crippen molar-refractivity contribution in [2.75, 3.05) is 26.7 Å². The Hall–Kier alpha value is -2.02. The summed E-state index contributed by atoms with van der Waals surface area (Å²) in [5.41, 5.74) is 0.104. The molecule has 1 heterocycles. The first-order valence-corrected chi connectivity index (χ1v) is 6.68. The van der Waals surface area contributed by atoms with E-state index in [-0.39, 0.29) is 24.6 Å². The molecule has 21 heavy (non-hydrogen) atoms. The standard InChI is InChI=1S/C14H17F2N3O2/c1-3-17-11(9-5-4-6-10(15)13(9)16)7-19-12(20)8-18(2)14(19)21/h4-6,11,17H,3,7-8H2,1-2H3. The van der Waals surface area contributed by atoms with Gasteiger partial charge in [-0.2, -0.15) is 0 Å². The predicted molar refractivity (Wildman–Crippen MR) is 72.5 cm³/mol. The third-order valence-electron chi connectivity index (χ3n) is 3.40. The molecule has 5 nitrogen and oxygen atoms in total. The zero-order valence-corrected chi connectivity index (χ0v) is 11.9. The molecule has 1 N–H and O–H groups in total. The lowest BCUT2D eigenvalue weighted by atomic mass is 10.1. The molecule has 2 rings (SSSR count). The number of urea groups is 1. The van der Waals surface area contributed by atoms with Gasteiger partial charge in [0.05, 0.1) is 12.6 Å². The minimum absolute atomic E-state index is 0.00328. The summed E-state index contributed by atoms with van der Waals surface area (Å²) in [5.74, 6) is -2.26. The maximum absolute atomic E-state index is 13.9. The molecule has 7 heteroatoms. The van der Waals surface area contributed by atoms with Crippen LogP contribution in [0.2, 0.25) is 0 Å². The van der Waals surface area contributed by atoms with Gasteiger partial charge in [-0.3, -0.25) is 9.69 Å². The molecular formula is C14H17F2N3O2. The molecule has 0 bridgehead atoms. The summed E-state index contributed by atoms with van der Waals surface area (Å²) < 4.78 is 27.3. The number of benzene rings is 1. The molecule has 1 aliphatic heterocycles. The minimum Gasteiger partial charge on any atom is -0.318 e. The monoisotopic (exact) mass is 297 g/mol. The molecule has 0 aliphatic carbocycles. The van der Waals surface area contributed by atoms with Crippen molar-refractivity contribution in [3.05, 3.63) is 35.4 Å². The van der Waals surface area contributed by atoms with E-state index >= 15 is 0 Å². The zero-order valence-electron chi connectivity index (χ0n) is 11.9. The van der Waals surface area contributed by atoms with Crippen molar-refractivity contribution in [1.82, 2.24) is 15.1 Å². The first kappa shape index (κ1) is 15.4. The number of carbonyl (C=O) groups excluding carboxylic acids is 2. The van der Waals surface area contributed by atoms with E-state index in [1.807, 2.05) is 6.92 Å². The van der Waals surface area contributed by atoms with Crippen LogP contribution in [-0.4, -0.2) is 48.4 Å². The van der Waals surface area contributed by atoms with E-state index in [2.05, 4.69) is 5.32 Å². The van der Waals surface area contributed by atoms with Gasteiger partial charge in [-0.15, -0.1) is 0 Å². The first-order chi connectivity index (χ1) is 9.95. The number of amides is 3. The molecule has 1 fully saturated rings. The van der Waals surface area contributed by atoms with Crippen molar-refractivity contribution in [1.29, 1.82) is 0 Å². The van der Waals surface area contributed by atoms with Crippen molar-refractivity contribution in [2.24, 2.45) is 0 Å². The van der Waals surface area contributed by atoms with Crippen LogP contribution in [0.15, 0.2) is 18.2 Å². The highest BCUT2D eigenvalue weighted by atomic mass is 19.2. The lowest BCUT2D eigenvalue weighted by molar-refractivity contribution is -0.125. The van der Waals surface area contributed by atoms with Crippen LogP contribution >= 0.6 is 0 Å². The second kappa shape index (κ2) is 6.17. The third-order valence-corrected chi connectivity index (χ3v) is 3.40. The summed E-state index contributed by atoms with van der Waals surface area (Å²) >= 11 is 0. The second-order valence-corrected chi connectivity index (χ2v) is 4.90. The number of halogens is 2. The lowest BCUT2D eigenvalue weighted by Crippen LogP contribution is -2.39. The molecule has 1 atom stereocenters. The molecular weight excluding hydrogens is 280 g/mol. The van der Waals surface area contributed by atoms with Crippen LogP contribution in [0.25, 0.3) is 0 Å². The van der Waals surface area contributed by atoms with Gasteiger partial charge in [0.25, 0.3) is 0 Å². The molecule has 1 aromatic rings. The minimum atomic E-state index is -0.962. The lowest BCUT2D eigenvalue weighted by Gasteiger charge is -2.24. The average molecular weight is 297 g/mol. The van der Waals surface area contributed by atoms with Gasteiger partial charge in [-0.05, 0) is 12.6 Å². The van der Waals surface area contributed by atoms with Gasteiger partial charge in [0, 0.05) is 12.6 Å². The van der Waals surface area contributed by atoms with E-state index < -0.39 is 23.7 Å². The zero-order chi connectivity index (χ0) is 15.6. The molecule has 0 aromatic heterocycles. The Labute approximate surface area is 121 Å². The molecule has 1 saturated heterocycles. The normalized spacial score (nSPS) is 16.8.